The van der Waals surface area contributed by atoms with Crippen LogP contribution in [0.4, 0.5) is 11.4 Å². The molecule has 2 aliphatic heterocycles. The van der Waals surface area contributed by atoms with E-state index in [1.807, 2.05) is 6.07 Å². The maximum atomic E-state index is 6.44. The van der Waals surface area contributed by atoms with E-state index in [9.17, 15) is 0 Å². The number of ether oxygens (including phenoxy) is 1. The van der Waals surface area contributed by atoms with E-state index in [1.165, 1.54) is 16.6 Å². The van der Waals surface area contributed by atoms with Crippen molar-refractivity contribution in [1.82, 2.24) is 0 Å². The molecule has 0 aliphatic carbocycles. The third kappa shape index (κ3) is 1.89. The normalized spacial score (nSPS) is 20.2. The molecular formula is C22H20N2O. The second kappa shape index (κ2) is 4.85. The molecule has 0 aromatic heterocycles. The molecule has 3 aromatic rings. The van der Waals surface area contributed by atoms with E-state index in [1.54, 1.807) is 0 Å². The molecule has 1 atom stereocenters. The average Bonchev–Trinajstić information content (AvgIpc) is 2.65. The van der Waals surface area contributed by atoms with Gasteiger partial charge in [-0.15, -0.1) is 0 Å². The average molecular weight is 328 g/mol. The zero-order valence-electron chi connectivity index (χ0n) is 14.7. The van der Waals surface area contributed by atoms with Crippen LogP contribution in [0, 0.1) is 0 Å². The standard InChI is InChI=1S/C22H20N2O/c1-22(2)16-10-6-7-11-17(16)24(3)21-20(22)23-19-15-9-5-4-8-14(15)12-13-18(19)25-21/h4-13,21H,1-3H3/t21-/m1/s1. The fraction of sp³-hybridized carbons (Fsp3) is 0.227. The lowest BCUT2D eigenvalue weighted by molar-refractivity contribution is 0.249. The Bertz CT molecular complexity index is 1040. The zero-order chi connectivity index (χ0) is 17.2. The Morgan fingerprint density at radius 3 is 2.60 bits per heavy atom. The Kier molecular flexibility index (Phi) is 2.82. The summed E-state index contributed by atoms with van der Waals surface area (Å²) in [5.74, 6) is 0.856. The van der Waals surface area contributed by atoms with E-state index in [0.717, 1.165) is 22.5 Å². The van der Waals surface area contributed by atoms with Gasteiger partial charge >= 0.3 is 0 Å². The van der Waals surface area contributed by atoms with Crippen molar-refractivity contribution in [3.8, 4) is 5.75 Å². The summed E-state index contributed by atoms with van der Waals surface area (Å²) < 4.78 is 6.44. The van der Waals surface area contributed by atoms with Gasteiger partial charge in [0.2, 0.25) is 6.23 Å². The molecule has 124 valence electrons. The molecule has 0 bridgehead atoms. The van der Waals surface area contributed by atoms with Gasteiger partial charge in [-0.2, -0.15) is 0 Å². The number of rotatable bonds is 0. The second-order valence-corrected chi connectivity index (χ2v) is 7.35. The van der Waals surface area contributed by atoms with E-state index >= 15 is 0 Å². The van der Waals surface area contributed by atoms with Gasteiger partial charge in [-0.1, -0.05) is 62.4 Å². The smallest absolute Gasteiger partial charge is 0.212 e. The summed E-state index contributed by atoms with van der Waals surface area (Å²) >= 11 is 0. The lowest BCUT2D eigenvalue weighted by Gasteiger charge is -2.46. The molecule has 0 N–H and O–H groups in total. The van der Waals surface area contributed by atoms with E-state index in [-0.39, 0.29) is 11.6 Å². The van der Waals surface area contributed by atoms with Crippen LogP contribution in [0.5, 0.6) is 5.75 Å². The van der Waals surface area contributed by atoms with Crippen LogP contribution in [0.2, 0.25) is 0 Å². The van der Waals surface area contributed by atoms with Crippen molar-refractivity contribution in [2.24, 2.45) is 4.99 Å². The summed E-state index contributed by atoms with van der Waals surface area (Å²) in [5.41, 5.74) is 4.34. The number of aliphatic imine (C=N–C) groups is 1. The first-order chi connectivity index (χ1) is 12.1. The van der Waals surface area contributed by atoms with Gasteiger partial charge < -0.3 is 9.64 Å². The summed E-state index contributed by atoms with van der Waals surface area (Å²) in [5, 5.41) is 2.33. The van der Waals surface area contributed by atoms with E-state index in [0.29, 0.717) is 0 Å². The summed E-state index contributed by atoms with van der Waals surface area (Å²) in [6.45, 7) is 4.48. The first-order valence-corrected chi connectivity index (χ1v) is 8.67. The van der Waals surface area contributed by atoms with Gasteiger partial charge in [0.15, 0.2) is 0 Å². The van der Waals surface area contributed by atoms with E-state index in [2.05, 4.69) is 80.4 Å². The van der Waals surface area contributed by atoms with Crippen LogP contribution in [0.25, 0.3) is 10.8 Å². The minimum Gasteiger partial charge on any atom is -0.463 e. The van der Waals surface area contributed by atoms with Crippen molar-refractivity contribution in [3.05, 3.63) is 66.2 Å². The number of nitrogens with zero attached hydrogens (tertiary/aromatic N) is 2. The summed E-state index contributed by atoms with van der Waals surface area (Å²) in [6.07, 6.45) is -0.168. The Balaban J connectivity index is 1.79. The highest BCUT2D eigenvalue weighted by molar-refractivity contribution is 6.09. The minimum absolute atomic E-state index is 0.168. The predicted octanol–water partition coefficient (Wildman–Crippen LogP) is 5.06. The van der Waals surface area contributed by atoms with Crippen LogP contribution in [0.1, 0.15) is 19.4 Å². The predicted molar refractivity (Wildman–Crippen MR) is 103 cm³/mol. The molecule has 0 fully saturated rings. The van der Waals surface area contributed by atoms with Crippen molar-refractivity contribution < 1.29 is 4.74 Å². The fourth-order valence-corrected chi connectivity index (χ4v) is 4.08. The monoisotopic (exact) mass is 328 g/mol. The Labute approximate surface area is 147 Å². The zero-order valence-corrected chi connectivity index (χ0v) is 14.7. The van der Waals surface area contributed by atoms with E-state index in [4.69, 9.17) is 9.73 Å². The van der Waals surface area contributed by atoms with Crippen molar-refractivity contribution in [1.29, 1.82) is 0 Å². The Hall–Kier alpha value is -2.81. The van der Waals surface area contributed by atoms with Crippen molar-refractivity contribution >= 4 is 27.9 Å². The van der Waals surface area contributed by atoms with Crippen molar-refractivity contribution in [2.75, 3.05) is 11.9 Å². The molecule has 2 aliphatic rings. The molecule has 2 heterocycles. The minimum atomic E-state index is -0.178. The maximum Gasteiger partial charge on any atom is 0.212 e. The molecule has 0 saturated heterocycles. The molecule has 3 nitrogen and oxygen atoms in total. The fourth-order valence-electron chi connectivity index (χ4n) is 4.08. The third-order valence-electron chi connectivity index (χ3n) is 5.52. The summed E-state index contributed by atoms with van der Waals surface area (Å²) in [6, 6.07) is 21.0. The molecule has 3 heteroatoms. The van der Waals surface area contributed by atoms with Gasteiger partial charge in [0, 0.05) is 23.5 Å². The first kappa shape index (κ1) is 14.5. The molecule has 25 heavy (non-hydrogen) atoms. The molecule has 0 radical (unpaired) electrons. The number of hydrogen-bond donors (Lipinski definition) is 0. The number of hydrogen-bond acceptors (Lipinski definition) is 3. The molecule has 0 spiro atoms. The topological polar surface area (TPSA) is 24.8 Å². The van der Waals surface area contributed by atoms with Crippen LogP contribution >= 0.6 is 0 Å². The number of fused-ring (bicyclic) bond motifs is 5. The van der Waals surface area contributed by atoms with Gasteiger partial charge in [-0.3, -0.25) is 0 Å². The molecule has 3 aromatic carbocycles. The van der Waals surface area contributed by atoms with Crippen LogP contribution < -0.4 is 9.64 Å². The second-order valence-electron chi connectivity index (χ2n) is 7.35. The number of anilines is 1. The van der Waals surface area contributed by atoms with Crippen LogP contribution in [0.15, 0.2) is 65.7 Å². The van der Waals surface area contributed by atoms with Crippen LogP contribution in [-0.4, -0.2) is 19.0 Å². The lowest BCUT2D eigenvalue weighted by atomic mass is 9.75. The van der Waals surface area contributed by atoms with Crippen LogP contribution in [0.3, 0.4) is 0 Å². The van der Waals surface area contributed by atoms with Gasteiger partial charge in [0.1, 0.15) is 11.4 Å². The number of benzene rings is 3. The third-order valence-corrected chi connectivity index (χ3v) is 5.52. The number of para-hydroxylation sites is 1. The van der Waals surface area contributed by atoms with Crippen molar-refractivity contribution in [2.45, 2.75) is 25.5 Å². The summed E-state index contributed by atoms with van der Waals surface area (Å²) in [4.78, 5) is 7.34. The van der Waals surface area contributed by atoms with E-state index < -0.39 is 0 Å². The highest BCUT2D eigenvalue weighted by Crippen LogP contribution is 2.47. The first-order valence-electron chi connectivity index (χ1n) is 8.67. The quantitative estimate of drug-likeness (QED) is 0.576. The van der Waals surface area contributed by atoms with Gasteiger partial charge in [-0.25, -0.2) is 4.99 Å². The SMILES string of the molecule is CN1c2ccccc2C(C)(C)C2=Nc3c(ccc4ccccc34)O[C@H]21. The van der Waals surface area contributed by atoms with Crippen LogP contribution in [-0.2, 0) is 5.41 Å². The largest absolute Gasteiger partial charge is 0.463 e. The maximum absolute atomic E-state index is 6.44. The highest BCUT2D eigenvalue weighted by atomic mass is 16.5. The lowest BCUT2D eigenvalue weighted by Crippen LogP contribution is -2.55. The highest BCUT2D eigenvalue weighted by Gasteiger charge is 2.45. The molecule has 0 amide bonds. The molecule has 0 saturated carbocycles. The van der Waals surface area contributed by atoms with Gasteiger partial charge in [0.25, 0.3) is 0 Å². The Morgan fingerprint density at radius 1 is 0.960 bits per heavy atom. The Morgan fingerprint density at radius 2 is 1.72 bits per heavy atom. The molecule has 0 unspecified atom stereocenters. The molecule has 5 rings (SSSR count). The van der Waals surface area contributed by atoms with Gasteiger partial charge in [-0.05, 0) is 23.1 Å². The van der Waals surface area contributed by atoms with Crippen molar-refractivity contribution in [3.63, 3.8) is 0 Å². The summed E-state index contributed by atoms with van der Waals surface area (Å²) in [7, 11) is 2.08. The molecular weight excluding hydrogens is 308 g/mol. The van der Waals surface area contributed by atoms with Gasteiger partial charge in [0.05, 0.1) is 5.71 Å².